The zero-order chi connectivity index (χ0) is 38.8. The predicted molar refractivity (Wildman–Crippen MR) is 224 cm³/mol. The number of furan rings is 1. The van der Waals surface area contributed by atoms with Crippen LogP contribution in [0.15, 0.2) is 101 Å². The van der Waals surface area contributed by atoms with Gasteiger partial charge in [-0.25, -0.2) is 9.97 Å². The molecule has 4 aromatic carbocycles. The molecule has 0 saturated carbocycles. The van der Waals surface area contributed by atoms with Gasteiger partial charge >= 0.3 is 0 Å². The molecular formula is C48H52IrN3O3-. The van der Waals surface area contributed by atoms with Crippen LogP contribution >= 0.6 is 0 Å². The molecule has 0 unspecified atom stereocenters. The van der Waals surface area contributed by atoms with E-state index in [0.29, 0.717) is 5.71 Å². The smallest absolute Gasteiger partial charge is 0.216 e. The summed E-state index contributed by atoms with van der Waals surface area (Å²) in [5.41, 5.74) is 6.56. The van der Waals surface area contributed by atoms with Crippen LogP contribution in [0.1, 0.15) is 98.4 Å². The van der Waals surface area contributed by atoms with Crippen LogP contribution in [-0.4, -0.2) is 25.8 Å². The molecule has 7 aromatic rings. The fraction of sp³-hybridized carbons (Fsp3) is 0.333. The fourth-order valence-corrected chi connectivity index (χ4v) is 6.82. The van der Waals surface area contributed by atoms with Crippen LogP contribution in [0.2, 0.25) is 0 Å². The van der Waals surface area contributed by atoms with Crippen LogP contribution in [0.3, 0.4) is 0 Å². The zero-order valence-corrected chi connectivity index (χ0v) is 35.9. The number of aliphatic hydroxyl groups excluding tert-OH is 1. The SMILES string of the molecule is CCC(C)(CC)C(=O)/C=C(\O)C(C)(CC)CC.Cc1cccc2c1ccc1c(-c3[c-]ccc4c3oc3nc(-c5ccccc5)ccc34)nc(C(C)C)nc12.[Ir]. The minimum absolute atomic E-state index is 0. The molecular weight excluding hydrogens is 859 g/mol. The maximum absolute atomic E-state index is 12.2. The number of allylic oxidation sites excluding steroid dienone is 2. The van der Waals surface area contributed by atoms with E-state index in [0.717, 1.165) is 86.7 Å². The van der Waals surface area contributed by atoms with Gasteiger partial charge in [-0.05, 0) is 61.1 Å². The molecule has 0 aliphatic rings. The van der Waals surface area contributed by atoms with E-state index in [-0.39, 0.29) is 48.4 Å². The molecule has 0 atom stereocenters. The van der Waals surface area contributed by atoms with Gasteiger partial charge in [0.05, 0.1) is 16.8 Å². The number of rotatable bonds is 10. The van der Waals surface area contributed by atoms with Gasteiger partial charge in [0, 0.05) is 65.0 Å². The van der Waals surface area contributed by atoms with Gasteiger partial charge in [0.25, 0.3) is 0 Å². The summed E-state index contributed by atoms with van der Waals surface area (Å²) in [7, 11) is 0. The van der Waals surface area contributed by atoms with Gasteiger partial charge in [-0.3, -0.25) is 9.78 Å². The maximum atomic E-state index is 12.2. The van der Waals surface area contributed by atoms with E-state index in [1.54, 1.807) is 0 Å². The van der Waals surface area contributed by atoms with Crippen molar-refractivity contribution in [2.75, 3.05) is 0 Å². The largest absolute Gasteiger partial charge is 0.512 e. The van der Waals surface area contributed by atoms with E-state index in [9.17, 15) is 9.90 Å². The topological polar surface area (TPSA) is 89.1 Å². The van der Waals surface area contributed by atoms with Crippen LogP contribution < -0.4 is 0 Å². The average Bonchev–Trinajstić information content (AvgIpc) is 3.58. The van der Waals surface area contributed by atoms with Crippen molar-refractivity contribution in [3.05, 3.63) is 114 Å². The Bertz CT molecular complexity index is 2490. The number of benzene rings is 4. The van der Waals surface area contributed by atoms with Gasteiger partial charge in [0.15, 0.2) is 5.78 Å². The molecule has 3 aromatic heterocycles. The summed E-state index contributed by atoms with van der Waals surface area (Å²) in [6.45, 7) is 18.5. The van der Waals surface area contributed by atoms with Gasteiger partial charge in [-0.1, -0.05) is 127 Å². The normalized spacial score (nSPS) is 12.3. The third kappa shape index (κ3) is 8.01. The van der Waals surface area contributed by atoms with Crippen molar-refractivity contribution in [3.63, 3.8) is 0 Å². The van der Waals surface area contributed by atoms with Gasteiger partial charge < -0.3 is 9.52 Å². The number of carbonyl (C=O) groups is 1. The molecule has 55 heavy (non-hydrogen) atoms. The summed E-state index contributed by atoms with van der Waals surface area (Å²) in [5.74, 6) is 1.27. The number of aliphatic hydroxyl groups is 1. The van der Waals surface area contributed by atoms with Crippen molar-refractivity contribution in [1.82, 2.24) is 15.0 Å². The maximum Gasteiger partial charge on any atom is 0.216 e. The first-order valence-electron chi connectivity index (χ1n) is 19.3. The van der Waals surface area contributed by atoms with Crippen LogP contribution in [0.5, 0.6) is 0 Å². The average molecular weight is 911 g/mol. The molecule has 0 fully saturated rings. The number of nitrogens with zero attached hydrogens (tertiary/aromatic N) is 3. The van der Waals surface area contributed by atoms with Crippen molar-refractivity contribution in [2.45, 2.75) is 93.9 Å². The van der Waals surface area contributed by atoms with E-state index in [4.69, 9.17) is 19.4 Å². The van der Waals surface area contributed by atoms with Crippen LogP contribution in [0.25, 0.3) is 66.3 Å². The number of aryl methyl sites for hydroxylation is 1. The molecule has 0 bridgehead atoms. The summed E-state index contributed by atoms with van der Waals surface area (Å²) >= 11 is 0. The number of pyridine rings is 1. The number of hydrogen-bond acceptors (Lipinski definition) is 6. The minimum Gasteiger partial charge on any atom is -0.512 e. The second-order valence-electron chi connectivity index (χ2n) is 15.3. The first kappa shape index (κ1) is 41.5. The van der Waals surface area contributed by atoms with Gasteiger partial charge in [0.2, 0.25) is 5.71 Å². The summed E-state index contributed by atoms with van der Waals surface area (Å²) in [4.78, 5) is 27.1. The second-order valence-corrected chi connectivity index (χ2v) is 15.3. The van der Waals surface area contributed by atoms with Crippen molar-refractivity contribution in [2.24, 2.45) is 10.8 Å². The number of hydrogen-bond donors (Lipinski definition) is 1. The Kier molecular flexibility index (Phi) is 12.8. The van der Waals surface area contributed by atoms with E-state index in [1.165, 1.54) is 17.0 Å². The van der Waals surface area contributed by atoms with E-state index < -0.39 is 0 Å². The molecule has 3 heterocycles. The number of ketones is 1. The molecule has 1 N–H and O–H groups in total. The molecule has 7 heteroatoms. The Morgan fingerprint density at radius 2 is 1.42 bits per heavy atom. The minimum atomic E-state index is -0.337. The van der Waals surface area contributed by atoms with E-state index in [2.05, 4.69) is 81.4 Å². The van der Waals surface area contributed by atoms with Crippen LogP contribution in [0, 0.1) is 23.8 Å². The first-order valence-corrected chi connectivity index (χ1v) is 19.3. The molecule has 0 spiro atoms. The summed E-state index contributed by atoms with van der Waals surface area (Å²) in [5, 5.41) is 15.4. The number of aromatic nitrogens is 3. The van der Waals surface area contributed by atoms with Crippen molar-refractivity contribution < 1.29 is 34.4 Å². The van der Waals surface area contributed by atoms with Gasteiger partial charge in [-0.15, -0.1) is 18.2 Å². The second kappa shape index (κ2) is 17.0. The fourth-order valence-electron chi connectivity index (χ4n) is 6.82. The van der Waals surface area contributed by atoms with Gasteiger partial charge in [0.1, 0.15) is 11.6 Å². The Morgan fingerprint density at radius 3 is 2.07 bits per heavy atom. The Morgan fingerprint density at radius 1 is 0.764 bits per heavy atom. The summed E-state index contributed by atoms with van der Waals surface area (Å²) < 4.78 is 6.45. The quantitative estimate of drug-likeness (QED) is 0.0636. The van der Waals surface area contributed by atoms with Crippen molar-refractivity contribution in [3.8, 4) is 22.5 Å². The van der Waals surface area contributed by atoms with Crippen LogP contribution in [-0.2, 0) is 24.9 Å². The Balaban J connectivity index is 0.000000276. The van der Waals surface area contributed by atoms with E-state index >= 15 is 0 Å². The third-order valence-electron chi connectivity index (χ3n) is 11.7. The number of fused-ring (bicyclic) bond motifs is 6. The van der Waals surface area contributed by atoms with Crippen LogP contribution in [0.4, 0.5) is 0 Å². The summed E-state index contributed by atoms with van der Waals surface area (Å²) in [6, 6.07) is 32.4. The van der Waals surface area contributed by atoms with Crippen molar-refractivity contribution >= 4 is 49.5 Å². The molecule has 0 aliphatic carbocycles. The molecule has 0 amide bonds. The molecule has 6 nitrogen and oxygen atoms in total. The number of carbonyl (C=O) groups excluding carboxylic acids is 1. The zero-order valence-electron chi connectivity index (χ0n) is 33.5. The third-order valence-corrected chi connectivity index (χ3v) is 11.7. The monoisotopic (exact) mass is 911 g/mol. The predicted octanol–water partition coefficient (Wildman–Crippen LogP) is 13.3. The molecule has 287 valence electrons. The molecule has 0 aliphatic heterocycles. The Hall–Kier alpha value is -4.71. The Labute approximate surface area is 338 Å². The molecule has 0 saturated heterocycles. The van der Waals surface area contributed by atoms with E-state index in [1.807, 2.05) is 71.9 Å². The molecule has 1 radical (unpaired) electrons. The first-order chi connectivity index (χ1) is 25.9. The van der Waals surface area contributed by atoms with Gasteiger partial charge in [-0.2, -0.15) is 0 Å². The standard InChI is InChI=1S/C33H24N3O.C15H28O2.Ir/c1-19(2)32-35-29-23-12-7-9-20(3)22(23)15-16-26(29)30(36-32)27-14-8-13-24-25-17-18-28(21-10-5-4-6-11-21)34-33(25)37-31(24)27;1-7-14(5,8-2)12(16)11-13(17)15(6,9-3)10-4;/h4-13,15-19H,1-3H3;11,16H,7-10H2,1-6H3;/q-1;;/b;12-11-;. The molecule has 7 rings (SSSR count). The van der Waals surface area contributed by atoms with Crippen molar-refractivity contribution in [1.29, 1.82) is 0 Å². The summed E-state index contributed by atoms with van der Waals surface area (Å²) in [6.07, 6.45) is 4.75.